The summed E-state index contributed by atoms with van der Waals surface area (Å²) in [6, 6.07) is 0.864. The van der Waals surface area contributed by atoms with Crippen LogP contribution < -0.4 is 5.73 Å². The highest BCUT2D eigenvalue weighted by Crippen LogP contribution is 2.31. The van der Waals surface area contributed by atoms with Crippen LogP contribution in [0, 0.1) is 17.8 Å². The molecule has 2 aliphatic rings. The van der Waals surface area contributed by atoms with Crippen molar-refractivity contribution < 1.29 is 4.74 Å². The van der Waals surface area contributed by atoms with Crippen LogP contribution in [0.15, 0.2) is 0 Å². The van der Waals surface area contributed by atoms with Gasteiger partial charge in [-0.1, -0.05) is 13.8 Å². The molecule has 0 amide bonds. The van der Waals surface area contributed by atoms with Crippen molar-refractivity contribution in [2.24, 2.45) is 23.5 Å². The summed E-state index contributed by atoms with van der Waals surface area (Å²) < 4.78 is 5.73. The Labute approximate surface area is 112 Å². The van der Waals surface area contributed by atoms with E-state index in [0.29, 0.717) is 18.0 Å². The van der Waals surface area contributed by atoms with E-state index < -0.39 is 0 Å². The van der Waals surface area contributed by atoms with Gasteiger partial charge in [0.2, 0.25) is 0 Å². The van der Waals surface area contributed by atoms with Crippen molar-refractivity contribution in [3.05, 3.63) is 0 Å². The summed E-state index contributed by atoms with van der Waals surface area (Å²) in [6.07, 6.45) is 5.23. The second-order valence-corrected chi connectivity index (χ2v) is 6.71. The maximum Gasteiger partial charge on any atom is 0.0593 e. The lowest BCUT2D eigenvalue weighted by Crippen LogP contribution is -2.54. The maximum atomic E-state index is 6.34. The zero-order chi connectivity index (χ0) is 13.1. The fourth-order valence-corrected chi connectivity index (χ4v) is 3.55. The number of rotatable bonds is 6. The molecule has 0 aromatic carbocycles. The Hall–Kier alpha value is -0.120. The smallest absolute Gasteiger partial charge is 0.0593 e. The van der Waals surface area contributed by atoms with Crippen LogP contribution in [0.3, 0.4) is 0 Å². The van der Waals surface area contributed by atoms with Gasteiger partial charge in [0.15, 0.2) is 0 Å². The third-order valence-corrected chi connectivity index (χ3v) is 4.62. The van der Waals surface area contributed by atoms with Gasteiger partial charge in [-0.15, -0.1) is 0 Å². The van der Waals surface area contributed by atoms with E-state index in [1.807, 2.05) is 0 Å². The summed E-state index contributed by atoms with van der Waals surface area (Å²) in [7, 11) is 2.21. The van der Waals surface area contributed by atoms with E-state index >= 15 is 0 Å². The molecule has 2 rings (SSSR count). The van der Waals surface area contributed by atoms with E-state index in [-0.39, 0.29) is 0 Å². The second kappa shape index (κ2) is 6.36. The highest BCUT2D eigenvalue weighted by Gasteiger charge is 2.34. The first-order valence-electron chi connectivity index (χ1n) is 7.61. The molecule has 0 aliphatic heterocycles. The third kappa shape index (κ3) is 3.94. The molecule has 2 N–H and O–H groups in total. The number of hydrogen-bond acceptors (Lipinski definition) is 3. The van der Waals surface area contributed by atoms with E-state index in [9.17, 15) is 0 Å². The fraction of sp³-hybridized carbons (Fsp3) is 1.00. The van der Waals surface area contributed by atoms with Crippen LogP contribution in [-0.4, -0.2) is 43.8 Å². The number of likely N-dealkylation sites (N-methyl/N-ethyl adjacent to an activating group) is 1. The lowest BCUT2D eigenvalue weighted by Gasteiger charge is -2.42. The van der Waals surface area contributed by atoms with E-state index in [1.54, 1.807) is 0 Å². The van der Waals surface area contributed by atoms with Gasteiger partial charge in [0.1, 0.15) is 0 Å². The SMILES string of the molecule is CC1CC(C)C(N(C)CCOCC2CC2)C(N)C1. The number of nitrogens with zero attached hydrogens (tertiary/aromatic N) is 1. The molecule has 106 valence electrons. The largest absolute Gasteiger partial charge is 0.380 e. The average Bonchev–Trinajstić information content (AvgIpc) is 3.06. The van der Waals surface area contributed by atoms with Crippen LogP contribution in [-0.2, 0) is 4.74 Å². The number of ether oxygens (including phenoxy) is 1. The minimum atomic E-state index is 0.331. The molecule has 4 unspecified atom stereocenters. The first-order valence-corrected chi connectivity index (χ1v) is 7.61. The van der Waals surface area contributed by atoms with Crippen molar-refractivity contribution in [2.45, 2.75) is 51.6 Å². The standard InChI is InChI=1S/C15H30N2O/c1-11-8-12(2)15(14(16)9-11)17(3)6-7-18-10-13-4-5-13/h11-15H,4-10,16H2,1-3H3. The van der Waals surface area contributed by atoms with Crippen LogP contribution in [0.4, 0.5) is 0 Å². The van der Waals surface area contributed by atoms with Crippen LogP contribution in [0.25, 0.3) is 0 Å². The van der Waals surface area contributed by atoms with Crippen molar-refractivity contribution in [1.82, 2.24) is 4.90 Å². The van der Waals surface area contributed by atoms with Gasteiger partial charge < -0.3 is 10.5 Å². The van der Waals surface area contributed by atoms with Gasteiger partial charge in [0, 0.05) is 25.2 Å². The molecule has 2 saturated carbocycles. The molecule has 0 saturated heterocycles. The zero-order valence-electron chi connectivity index (χ0n) is 12.3. The first kappa shape index (κ1) is 14.3. The molecule has 0 aromatic heterocycles. The molecule has 2 aliphatic carbocycles. The molecule has 0 heterocycles. The van der Waals surface area contributed by atoms with Gasteiger partial charge in [-0.25, -0.2) is 0 Å². The lowest BCUT2D eigenvalue weighted by molar-refractivity contribution is 0.0534. The molecule has 18 heavy (non-hydrogen) atoms. The van der Waals surface area contributed by atoms with Gasteiger partial charge >= 0.3 is 0 Å². The van der Waals surface area contributed by atoms with Gasteiger partial charge in [-0.05, 0) is 50.5 Å². The Morgan fingerprint density at radius 2 is 1.94 bits per heavy atom. The average molecular weight is 254 g/mol. The molecule has 3 heteroatoms. The summed E-state index contributed by atoms with van der Waals surface area (Å²) in [5.74, 6) is 2.36. The number of nitrogens with two attached hydrogens (primary N) is 1. The summed E-state index contributed by atoms with van der Waals surface area (Å²) in [6.45, 7) is 7.52. The van der Waals surface area contributed by atoms with Crippen molar-refractivity contribution in [3.8, 4) is 0 Å². The van der Waals surface area contributed by atoms with Crippen LogP contribution in [0.1, 0.15) is 39.5 Å². The second-order valence-electron chi connectivity index (χ2n) is 6.71. The predicted molar refractivity (Wildman–Crippen MR) is 75.5 cm³/mol. The van der Waals surface area contributed by atoms with Gasteiger partial charge in [-0.2, -0.15) is 0 Å². The van der Waals surface area contributed by atoms with E-state index in [2.05, 4.69) is 25.8 Å². The van der Waals surface area contributed by atoms with Gasteiger partial charge in [-0.3, -0.25) is 4.90 Å². The summed E-state index contributed by atoms with van der Waals surface area (Å²) in [5.41, 5.74) is 6.34. The maximum absolute atomic E-state index is 6.34. The van der Waals surface area contributed by atoms with Crippen molar-refractivity contribution in [3.63, 3.8) is 0 Å². The van der Waals surface area contributed by atoms with E-state index in [0.717, 1.165) is 31.6 Å². The Bertz CT molecular complexity index is 243. The molecule has 0 aromatic rings. The number of hydrogen-bond donors (Lipinski definition) is 1. The van der Waals surface area contributed by atoms with Crippen LogP contribution in [0.2, 0.25) is 0 Å². The third-order valence-electron chi connectivity index (χ3n) is 4.62. The minimum Gasteiger partial charge on any atom is -0.380 e. The normalized spacial score (nSPS) is 37.2. The molecule has 0 spiro atoms. The predicted octanol–water partition coefficient (Wildman–Crippen LogP) is 2.11. The molecule has 2 fully saturated rings. The van der Waals surface area contributed by atoms with E-state index in [1.165, 1.54) is 25.7 Å². The van der Waals surface area contributed by atoms with Crippen LogP contribution >= 0.6 is 0 Å². The fourth-order valence-electron chi connectivity index (χ4n) is 3.55. The molecule has 4 atom stereocenters. The zero-order valence-corrected chi connectivity index (χ0v) is 12.3. The molecule has 0 radical (unpaired) electrons. The van der Waals surface area contributed by atoms with Crippen molar-refractivity contribution in [2.75, 3.05) is 26.8 Å². The highest BCUT2D eigenvalue weighted by atomic mass is 16.5. The van der Waals surface area contributed by atoms with E-state index in [4.69, 9.17) is 10.5 Å². The quantitative estimate of drug-likeness (QED) is 0.738. The van der Waals surface area contributed by atoms with Gasteiger partial charge in [0.05, 0.1) is 6.61 Å². The summed E-state index contributed by atoms with van der Waals surface area (Å²) in [5, 5.41) is 0. The summed E-state index contributed by atoms with van der Waals surface area (Å²) in [4.78, 5) is 2.42. The van der Waals surface area contributed by atoms with Crippen molar-refractivity contribution >= 4 is 0 Å². The monoisotopic (exact) mass is 254 g/mol. The Morgan fingerprint density at radius 1 is 1.22 bits per heavy atom. The minimum absolute atomic E-state index is 0.331. The molecular formula is C15H30N2O. The van der Waals surface area contributed by atoms with Crippen LogP contribution in [0.5, 0.6) is 0 Å². The Balaban J connectivity index is 1.70. The Kier molecular flexibility index (Phi) is 5.05. The highest BCUT2D eigenvalue weighted by molar-refractivity contribution is 4.91. The topological polar surface area (TPSA) is 38.5 Å². The Morgan fingerprint density at radius 3 is 2.56 bits per heavy atom. The molecular weight excluding hydrogens is 224 g/mol. The summed E-state index contributed by atoms with van der Waals surface area (Å²) >= 11 is 0. The van der Waals surface area contributed by atoms with Gasteiger partial charge in [0.25, 0.3) is 0 Å². The molecule has 0 bridgehead atoms. The first-order chi connectivity index (χ1) is 8.58. The lowest BCUT2D eigenvalue weighted by atomic mass is 9.76. The van der Waals surface area contributed by atoms with Crippen molar-refractivity contribution in [1.29, 1.82) is 0 Å². The molecule has 3 nitrogen and oxygen atoms in total.